The lowest BCUT2D eigenvalue weighted by atomic mass is 10.00. The number of fused-ring (bicyclic) bond motifs is 6. The molecular weight excluding hydrogens is 683 g/mol. The van der Waals surface area contributed by atoms with Crippen molar-refractivity contribution in [3.8, 4) is 56.2 Å². The molecular formula is C51H31N5. The summed E-state index contributed by atoms with van der Waals surface area (Å²) in [7, 11) is 0. The van der Waals surface area contributed by atoms with Crippen molar-refractivity contribution in [3.05, 3.63) is 188 Å². The molecule has 6 aromatic carbocycles. The number of pyridine rings is 5. The summed E-state index contributed by atoms with van der Waals surface area (Å²) in [4.78, 5) is 24.9. The van der Waals surface area contributed by atoms with E-state index in [2.05, 4.69) is 151 Å². The van der Waals surface area contributed by atoms with Crippen molar-refractivity contribution in [2.75, 3.05) is 0 Å². The van der Waals surface area contributed by atoms with E-state index in [0.29, 0.717) is 0 Å². The summed E-state index contributed by atoms with van der Waals surface area (Å²) in [6.45, 7) is 0. The van der Waals surface area contributed by atoms with Crippen LogP contribution in [-0.2, 0) is 0 Å². The third-order valence-corrected chi connectivity index (χ3v) is 10.7. The number of nitrogens with zero attached hydrogens (tertiary/aromatic N) is 5. The lowest BCUT2D eigenvalue weighted by Gasteiger charge is -2.10. The van der Waals surface area contributed by atoms with Gasteiger partial charge in [0.25, 0.3) is 0 Å². The second-order valence-electron chi connectivity index (χ2n) is 14.2. The Bertz CT molecular complexity index is 3300. The molecule has 11 aromatic rings. The summed E-state index contributed by atoms with van der Waals surface area (Å²) in [6.07, 6.45) is 1.90. The lowest BCUT2D eigenvalue weighted by molar-refractivity contribution is 1.35. The first kappa shape index (κ1) is 31.9. The number of aromatic nitrogens is 5. The first-order chi connectivity index (χ1) is 27.7. The maximum Gasteiger partial charge on any atom is 0.0972 e. The van der Waals surface area contributed by atoms with Gasteiger partial charge < -0.3 is 0 Å². The quantitative estimate of drug-likeness (QED) is 0.166. The zero-order valence-corrected chi connectivity index (χ0v) is 30.1. The van der Waals surface area contributed by atoms with Crippen molar-refractivity contribution >= 4 is 54.5 Å². The molecule has 0 saturated carbocycles. The average molecular weight is 714 g/mol. The smallest absolute Gasteiger partial charge is 0.0972 e. The van der Waals surface area contributed by atoms with Gasteiger partial charge in [0.1, 0.15) is 0 Å². The molecule has 0 radical (unpaired) electrons. The van der Waals surface area contributed by atoms with E-state index in [1.54, 1.807) is 0 Å². The van der Waals surface area contributed by atoms with E-state index < -0.39 is 0 Å². The highest BCUT2D eigenvalue weighted by Gasteiger charge is 2.11. The number of hydrogen-bond donors (Lipinski definition) is 0. The van der Waals surface area contributed by atoms with Crippen LogP contribution in [0.3, 0.4) is 0 Å². The molecule has 0 N–H and O–H groups in total. The molecule has 5 nitrogen and oxygen atoms in total. The highest BCUT2D eigenvalue weighted by atomic mass is 14.8. The molecule has 56 heavy (non-hydrogen) atoms. The monoisotopic (exact) mass is 713 g/mol. The molecule has 5 heterocycles. The van der Waals surface area contributed by atoms with Gasteiger partial charge in [0.15, 0.2) is 0 Å². The normalized spacial score (nSPS) is 11.6. The van der Waals surface area contributed by atoms with Crippen LogP contribution in [-0.4, -0.2) is 24.9 Å². The summed E-state index contributed by atoms with van der Waals surface area (Å²) in [5, 5.41) is 5.44. The number of rotatable bonds is 5. The van der Waals surface area contributed by atoms with Crippen LogP contribution in [0.5, 0.6) is 0 Å². The molecule has 0 amide bonds. The third kappa shape index (κ3) is 5.70. The second kappa shape index (κ2) is 13.0. The first-order valence-electron chi connectivity index (χ1n) is 18.7. The van der Waals surface area contributed by atoms with Gasteiger partial charge in [-0.2, -0.15) is 0 Å². The van der Waals surface area contributed by atoms with E-state index in [1.165, 1.54) is 0 Å². The Balaban J connectivity index is 0.857. The van der Waals surface area contributed by atoms with Gasteiger partial charge in [-0.25, -0.2) is 19.9 Å². The van der Waals surface area contributed by atoms with Crippen LogP contribution in [0, 0.1) is 0 Å². The summed E-state index contributed by atoms with van der Waals surface area (Å²) in [6, 6.07) is 63.2. The van der Waals surface area contributed by atoms with Crippen molar-refractivity contribution in [2.24, 2.45) is 0 Å². The summed E-state index contributed by atoms with van der Waals surface area (Å²) < 4.78 is 0. The third-order valence-electron chi connectivity index (χ3n) is 10.7. The van der Waals surface area contributed by atoms with Crippen LogP contribution in [0.1, 0.15) is 0 Å². The highest BCUT2D eigenvalue weighted by Crippen LogP contribution is 2.32. The fourth-order valence-corrected chi connectivity index (χ4v) is 7.65. The highest BCUT2D eigenvalue weighted by molar-refractivity contribution is 6.04. The minimum Gasteiger partial charge on any atom is -0.256 e. The Hall–Kier alpha value is -7.63. The Morgan fingerprint density at radius 1 is 0.250 bits per heavy atom. The number of para-hydroxylation sites is 1. The molecule has 0 aliphatic carbocycles. The van der Waals surface area contributed by atoms with Crippen molar-refractivity contribution in [1.29, 1.82) is 0 Å². The maximum absolute atomic E-state index is 5.14. The Morgan fingerprint density at radius 2 is 0.661 bits per heavy atom. The van der Waals surface area contributed by atoms with Gasteiger partial charge in [-0.15, -0.1) is 0 Å². The molecule has 0 atom stereocenters. The van der Waals surface area contributed by atoms with Crippen LogP contribution in [0.25, 0.3) is 111 Å². The maximum atomic E-state index is 5.14. The van der Waals surface area contributed by atoms with Crippen LogP contribution in [0.2, 0.25) is 0 Å². The zero-order chi connectivity index (χ0) is 37.0. The molecule has 0 aliphatic heterocycles. The molecule has 260 valence electrons. The van der Waals surface area contributed by atoms with Gasteiger partial charge in [0.05, 0.1) is 50.4 Å². The van der Waals surface area contributed by atoms with Crippen molar-refractivity contribution in [3.63, 3.8) is 0 Å². The van der Waals surface area contributed by atoms with Gasteiger partial charge in [-0.3, -0.25) is 4.98 Å². The predicted molar refractivity (Wildman–Crippen MR) is 230 cm³/mol. The van der Waals surface area contributed by atoms with E-state index in [4.69, 9.17) is 19.9 Å². The van der Waals surface area contributed by atoms with E-state index in [0.717, 1.165) is 111 Å². The van der Waals surface area contributed by atoms with Gasteiger partial charge >= 0.3 is 0 Å². The Morgan fingerprint density at radius 3 is 1.25 bits per heavy atom. The fraction of sp³-hybridized carbons (Fsp3) is 0. The molecule has 0 bridgehead atoms. The van der Waals surface area contributed by atoms with Crippen molar-refractivity contribution in [1.82, 2.24) is 24.9 Å². The van der Waals surface area contributed by atoms with Gasteiger partial charge in [-0.05, 0) is 71.8 Å². The molecule has 5 aromatic heterocycles. The largest absolute Gasteiger partial charge is 0.256 e. The Labute approximate surface area is 322 Å². The Kier molecular flexibility index (Phi) is 7.42. The summed E-state index contributed by atoms with van der Waals surface area (Å²) in [5.41, 5.74) is 14.9. The minimum absolute atomic E-state index is 0.904. The van der Waals surface area contributed by atoms with E-state index >= 15 is 0 Å². The SMILES string of the molecule is c1ccc(-c2ccc3ccc4ccc(-c5ccc(-c6ccc7cc(-c8ccc9nc(-c%10cnc%11ccccc%11c%10)ccc9c8)ccc7n6)cc5)nc4c3n2)cc1. The summed E-state index contributed by atoms with van der Waals surface area (Å²) in [5.74, 6) is 0. The number of benzene rings is 6. The average Bonchev–Trinajstić information content (AvgIpc) is 3.28. The van der Waals surface area contributed by atoms with E-state index in [9.17, 15) is 0 Å². The van der Waals surface area contributed by atoms with Crippen molar-refractivity contribution < 1.29 is 0 Å². The van der Waals surface area contributed by atoms with Crippen molar-refractivity contribution in [2.45, 2.75) is 0 Å². The van der Waals surface area contributed by atoms with Crippen LogP contribution in [0.4, 0.5) is 0 Å². The van der Waals surface area contributed by atoms with Gasteiger partial charge in [0.2, 0.25) is 0 Å². The topological polar surface area (TPSA) is 64.5 Å². The predicted octanol–water partition coefficient (Wildman–Crippen LogP) is 12.8. The standard InChI is InChI=1S/C51H31N5/c1-2-6-32(7-3-1)45-22-16-35-14-15-36-17-23-46(56-51(36)50(35)55-45)34-12-10-33(11-13-34)44-26-20-40-28-37(18-24-47(40)53-44)38-19-25-48-41(29-38)21-27-49(54-48)42-30-39-8-4-5-9-43(39)52-31-42/h1-31H. The minimum atomic E-state index is 0.904. The molecule has 11 rings (SSSR count). The van der Waals surface area contributed by atoms with Crippen LogP contribution in [0.15, 0.2) is 188 Å². The molecule has 0 saturated heterocycles. The molecule has 0 aliphatic rings. The molecule has 5 heteroatoms. The van der Waals surface area contributed by atoms with Gasteiger partial charge in [-0.1, -0.05) is 121 Å². The van der Waals surface area contributed by atoms with Gasteiger partial charge in [0, 0.05) is 55.4 Å². The molecule has 0 spiro atoms. The summed E-state index contributed by atoms with van der Waals surface area (Å²) >= 11 is 0. The lowest BCUT2D eigenvalue weighted by Crippen LogP contribution is -1.91. The van der Waals surface area contributed by atoms with E-state index in [-0.39, 0.29) is 0 Å². The number of hydrogen-bond acceptors (Lipinski definition) is 5. The fourth-order valence-electron chi connectivity index (χ4n) is 7.65. The van der Waals surface area contributed by atoms with E-state index in [1.807, 2.05) is 42.6 Å². The molecule has 0 unspecified atom stereocenters. The van der Waals surface area contributed by atoms with Crippen LogP contribution >= 0.6 is 0 Å². The molecule has 0 fully saturated rings. The zero-order valence-electron chi connectivity index (χ0n) is 30.1. The second-order valence-corrected chi connectivity index (χ2v) is 14.2. The first-order valence-corrected chi connectivity index (χ1v) is 18.7. The van der Waals surface area contributed by atoms with Crippen LogP contribution < -0.4 is 0 Å².